The van der Waals surface area contributed by atoms with Crippen LogP contribution in [-0.2, 0) is 11.4 Å². The van der Waals surface area contributed by atoms with Gasteiger partial charge in [0.1, 0.15) is 12.4 Å². The standard InChI is InChI=1S/C14H13N3O3/c1-10(19)17-12-3-2-4-13(5-12)20-9-14-15-6-11(8-18)7-16-14/h2-8H,9H2,1H3,(H,17,19). The summed E-state index contributed by atoms with van der Waals surface area (Å²) in [6, 6.07) is 7.02. The molecule has 6 heteroatoms. The lowest BCUT2D eigenvalue weighted by molar-refractivity contribution is -0.114. The van der Waals surface area contributed by atoms with E-state index >= 15 is 0 Å². The van der Waals surface area contributed by atoms with Crippen molar-refractivity contribution in [2.24, 2.45) is 0 Å². The predicted molar refractivity (Wildman–Crippen MR) is 72.5 cm³/mol. The van der Waals surface area contributed by atoms with Gasteiger partial charge in [-0.15, -0.1) is 0 Å². The summed E-state index contributed by atoms with van der Waals surface area (Å²) < 4.78 is 5.52. The maximum Gasteiger partial charge on any atom is 0.221 e. The van der Waals surface area contributed by atoms with Gasteiger partial charge < -0.3 is 10.1 Å². The summed E-state index contributed by atoms with van der Waals surface area (Å²) in [6.45, 7) is 1.62. The van der Waals surface area contributed by atoms with Crippen molar-refractivity contribution < 1.29 is 14.3 Å². The molecule has 2 rings (SSSR count). The minimum Gasteiger partial charge on any atom is -0.486 e. The van der Waals surface area contributed by atoms with E-state index < -0.39 is 0 Å². The van der Waals surface area contributed by atoms with Crippen molar-refractivity contribution in [2.45, 2.75) is 13.5 Å². The van der Waals surface area contributed by atoms with Gasteiger partial charge in [0.2, 0.25) is 5.91 Å². The van der Waals surface area contributed by atoms with Crippen molar-refractivity contribution >= 4 is 17.9 Å². The molecule has 102 valence electrons. The van der Waals surface area contributed by atoms with Gasteiger partial charge in [0.25, 0.3) is 0 Å². The van der Waals surface area contributed by atoms with E-state index in [1.54, 1.807) is 24.3 Å². The maximum atomic E-state index is 11.0. The number of nitrogens with zero attached hydrogens (tertiary/aromatic N) is 2. The van der Waals surface area contributed by atoms with Gasteiger partial charge in [-0.3, -0.25) is 9.59 Å². The Morgan fingerprint density at radius 3 is 2.75 bits per heavy atom. The highest BCUT2D eigenvalue weighted by molar-refractivity contribution is 5.88. The molecule has 0 atom stereocenters. The summed E-state index contributed by atoms with van der Waals surface area (Å²) in [5, 5.41) is 2.67. The molecule has 0 radical (unpaired) electrons. The number of aromatic nitrogens is 2. The summed E-state index contributed by atoms with van der Waals surface area (Å²) in [7, 11) is 0. The van der Waals surface area contributed by atoms with Crippen molar-refractivity contribution in [1.82, 2.24) is 9.97 Å². The number of carbonyl (C=O) groups is 2. The Morgan fingerprint density at radius 1 is 1.35 bits per heavy atom. The predicted octanol–water partition coefficient (Wildman–Crippen LogP) is 1.83. The molecule has 1 aromatic heterocycles. The Hall–Kier alpha value is -2.76. The van der Waals surface area contributed by atoms with E-state index in [-0.39, 0.29) is 12.5 Å². The lowest BCUT2D eigenvalue weighted by Gasteiger charge is -2.07. The second-order valence-corrected chi connectivity index (χ2v) is 4.05. The lowest BCUT2D eigenvalue weighted by Crippen LogP contribution is -2.06. The van der Waals surface area contributed by atoms with Crippen LogP contribution in [0.4, 0.5) is 5.69 Å². The van der Waals surface area contributed by atoms with Crippen LogP contribution in [0.15, 0.2) is 36.7 Å². The zero-order valence-electron chi connectivity index (χ0n) is 10.9. The van der Waals surface area contributed by atoms with Crippen LogP contribution in [0.25, 0.3) is 0 Å². The monoisotopic (exact) mass is 271 g/mol. The van der Waals surface area contributed by atoms with Crippen molar-refractivity contribution in [1.29, 1.82) is 0 Å². The van der Waals surface area contributed by atoms with Gasteiger partial charge in [-0.1, -0.05) is 6.07 Å². The summed E-state index contributed by atoms with van der Waals surface area (Å²) >= 11 is 0. The minimum atomic E-state index is -0.144. The summed E-state index contributed by atoms with van der Waals surface area (Å²) in [4.78, 5) is 29.4. The summed E-state index contributed by atoms with van der Waals surface area (Å²) in [5.41, 5.74) is 1.08. The highest BCUT2D eigenvalue weighted by atomic mass is 16.5. The smallest absolute Gasteiger partial charge is 0.221 e. The third-order valence-corrected chi connectivity index (χ3v) is 2.38. The van der Waals surface area contributed by atoms with E-state index in [1.807, 2.05) is 0 Å². The third kappa shape index (κ3) is 3.88. The SMILES string of the molecule is CC(=O)Nc1cccc(OCc2ncc(C=O)cn2)c1. The van der Waals surface area contributed by atoms with Gasteiger partial charge in [0.15, 0.2) is 12.1 Å². The van der Waals surface area contributed by atoms with Crippen LogP contribution in [0.5, 0.6) is 5.75 Å². The van der Waals surface area contributed by atoms with Gasteiger partial charge >= 0.3 is 0 Å². The topological polar surface area (TPSA) is 81.2 Å². The van der Waals surface area contributed by atoms with Crippen LogP contribution < -0.4 is 10.1 Å². The fourth-order valence-electron chi connectivity index (χ4n) is 1.51. The number of anilines is 1. The molecule has 1 amide bonds. The molecule has 1 aromatic carbocycles. The first kappa shape index (κ1) is 13.7. The Morgan fingerprint density at radius 2 is 2.10 bits per heavy atom. The van der Waals surface area contributed by atoms with Gasteiger partial charge in [0, 0.05) is 31.1 Å². The van der Waals surface area contributed by atoms with E-state index in [0.29, 0.717) is 29.1 Å². The molecule has 20 heavy (non-hydrogen) atoms. The number of rotatable bonds is 5. The molecule has 1 N–H and O–H groups in total. The van der Waals surface area contributed by atoms with Gasteiger partial charge in [-0.05, 0) is 12.1 Å². The van der Waals surface area contributed by atoms with E-state index in [4.69, 9.17) is 4.74 Å². The third-order valence-electron chi connectivity index (χ3n) is 2.38. The largest absolute Gasteiger partial charge is 0.486 e. The maximum absolute atomic E-state index is 11.0. The molecule has 0 saturated carbocycles. The van der Waals surface area contributed by atoms with Crippen LogP contribution in [0.3, 0.4) is 0 Å². The molecule has 0 spiro atoms. The Bertz CT molecular complexity index is 611. The molecule has 0 fully saturated rings. The number of aldehydes is 1. The first-order chi connectivity index (χ1) is 9.67. The molecular formula is C14H13N3O3. The van der Waals surface area contributed by atoms with Crippen LogP contribution in [0, 0.1) is 0 Å². The van der Waals surface area contributed by atoms with Gasteiger partial charge in [-0.2, -0.15) is 0 Å². The number of benzene rings is 1. The number of ether oxygens (including phenoxy) is 1. The average molecular weight is 271 g/mol. The zero-order valence-corrected chi connectivity index (χ0v) is 10.9. The molecule has 0 bridgehead atoms. The van der Waals surface area contributed by atoms with Crippen molar-refractivity contribution in [3.8, 4) is 5.75 Å². The number of hydrogen-bond acceptors (Lipinski definition) is 5. The average Bonchev–Trinajstić information content (AvgIpc) is 2.45. The van der Waals surface area contributed by atoms with Crippen molar-refractivity contribution in [3.05, 3.63) is 48.0 Å². The Labute approximate surface area is 115 Å². The first-order valence-corrected chi connectivity index (χ1v) is 5.94. The van der Waals surface area contributed by atoms with Gasteiger partial charge in [0.05, 0.1) is 5.56 Å². The number of carbonyl (C=O) groups excluding carboxylic acids is 2. The number of nitrogens with one attached hydrogen (secondary N) is 1. The minimum absolute atomic E-state index is 0.144. The van der Waals surface area contributed by atoms with E-state index in [0.717, 1.165) is 0 Å². The van der Waals surface area contributed by atoms with E-state index in [9.17, 15) is 9.59 Å². The zero-order chi connectivity index (χ0) is 14.4. The molecule has 1 heterocycles. The molecule has 0 unspecified atom stereocenters. The molecule has 0 aliphatic rings. The second kappa shape index (κ2) is 6.42. The molecule has 2 aromatic rings. The molecule has 6 nitrogen and oxygen atoms in total. The Balaban J connectivity index is 1.99. The summed E-state index contributed by atoms with van der Waals surface area (Å²) in [5.74, 6) is 0.926. The summed E-state index contributed by atoms with van der Waals surface area (Å²) in [6.07, 6.45) is 3.56. The van der Waals surface area contributed by atoms with Crippen molar-refractivity contribution in [3.63, 3.8) is 0 Å². The van der Waals surface area contributed by atoms with E-state index in [1.165, 1.54) is 19.3 Å². The molecule has 0 aliphatic carbocycles. The fraction of sp³-hybridized carbons (Fsp3) is 0.143. The lowest BCUT2D eigenvalue weighted by atomic mass is 10.3. The number of hydrogen-bond donors (Lipinski definition) is 1. The number of amides is 1. The Kier molecular flexibility index (Phi) is 4.39. The van der Waals surface area contributed by atoms with Crippen LogP contribution >= 0.6 is 0 Å². The van der Waals surface area contributed by atoms with Crippen LogP contribution in [-0.4, -0.2) is 22.2 Å². The van der Waals surface area contributed by atoms with E-state index in [2.05, 4.69) is 15.3 Å². The van der Waals surface area contributed by atoms with Crippen LogP contribution in [0.2, 0.25) is 0 Å². The highest BCUT2D eigenvalue weighted by Gasteiger charge is 2.01. The van der Waals surface area contributed by atoms with Gasteiger partial charge in [-0.25, -0.2) is 9.97 Å². The first-order valence-electron chi connectivity index (χ1n) is 5.94. The molecule has 0 aliphatic heterocycles. The fourth-order valence-corrected chi connectivity index (χ4v) is 1.51. The molecular weight excluding hydrogens is 258 g/mol. The highest BCUT2D eigenvalue weighted by Crippen LogP contribution is 2.18. The normalized spacial score (nSPS) is 9.85. The quantitative estimate of drug-likeness (QED) is 0.839. The second-order valence-electron chi connectivity index (χ2n) is 4.05. The van der Waals surface area contributed by atoms with Crippen LogP contribution in [0.1, 0.15) is 23.1 Å². The van der Waals surface area contributed by atoms with Crippen molar-refractivity contribution in [2.75, 3.05) is 5.32 Å². The molecule has 0 saturated heterocycles.